The Kier molecular flexibility index (Phi) is 2.95. The lowest BCUT2D eigenvalue weighted by Crippen LogP contribution is -2.11. The fourth-order valence-corrected chi connectivity index (χ4v) is 1.26. The second-order valence-electron chi connectivity index (χ2n) is 3.24. The number of rotatable bonds is 3. The molecule has 2 N–H and O–H groups in total. The van der Waals surface area contributed by atoms with Crippen molar-refractivity contribution in [2.45, 2.75) is 0 Å². The number of hydrogen-bond acceptors (Lipinski definition) is 4. The first kappa shape index (κ1) is 11.0. The Morgan fingerprint density at radius 2 is 1.76 bits per heavy atom. The molecule has 0 atom stereocenters. The minimum Gasteiger partial charge on any atom is -0.366 e. The Balaban J connectivity index is 2.26. The third kappa shape index (κ3) is 2.36. The van der Waals surface area contributed by atoms with E-state index in [0.717, 1.165) is 0 Å². The molecule has 0 aliphatic rings. The standard InChI is InChI=1S/C11H9FN4O/c12-16(11-14-6-1-7-15-11)9-4-2-8(3-5-9)10(13)17/h1-7H,(H2,13,17). The van der Waals surface area contributed by atoms with E-state index in [-0.39, 0.29) is 11.6 Å². The van der Waals surface area contributed by atoms with Crippen LogP contribution in [0, 0.1) is 0 Å². The average molecular weight is 232 g/mol. The fraction of sp³-hybridized carbons (Fsp3) is 0. The lowest BCUT2D eigenvalue weighted by Gasteiger charge is -2.11. The van der Waals surface area contributed by atoms with Gasteiger partial charge in [0, 0.05) is 18.0 Å². The third-order valence-electron chi connectivity index (χ3n) is 2.11. The number of nitrogens with zero attached hydrogens (tertiary/aromatic N) is 3. The highest BCUT2D eigenvalue weighted by molar-refractivity contribution is 5.93. The van der Waals surface area contributed by atoms with Gasteiger partial charge >= 0.3 is 0 Å². The number of nitrogens with two attached hydrogens (primary N) is 1. The Labute approximate surface area is 96.7 Å². The second-order valence-corrected chi connectivity index (χ2v) is 3.24. The second kappa shape index (κ2) is 4.56. The molecule has 0 saturated heterocycles. The Bertz CT molecular complexity index is 515. The lowest BCUT2D eigenvalue weighted by molar-refractivity contribution is 0.100. The zero-order chi connectivity index (χ0) is 12.3. The van der Waals surface area contributed by atoms with E-state index in [1.807, 2.05) is 0 Å². The maximum atomic E-state index is 13.8. The van der Waals surface area contributed by atoms with Crippen LogP contribution in [0.2, 0.25) is 0 Å². The number of aromatic nitrogens is 2. The van der Waals surface area contributed by atoms with Crippen molar-refractivity contribution in [1.29, 1.82) is 0 Å². The zero-order valence-corrected chi connectivity index (χ0v) is 8.75. The molecule has 0 spiro atoms. The molecule has 5 nitrogen and oxygen atoms in total. The summed E-state index contributed by atoms with van der Waals surface area (Å²) in [4.78, 5) is 18.4. The summed E-state index contributed by atoms with van der Waals surface area (Å²) in [6, 6.07) is 7.32. The van der Waals surface area contributed by atoms with Crippen molar-refractivity contribution in [2.75, 3.05) is 5.12 Å². The number of primary amides is 1. The third-order valence-corrected chi connectivity index (χ3v) is 2.11. The van der Waals surface area contributed by atoms with Crippen LogP contribution >= 0.6 is 0 Å². The van der Waals surface area contributed by atoms with Gasteiger partial charge in [-0.25, -0.2) is 9.97 Å². The van der Waals surface area contributed by atoms with Crippen molar-refractivity contribution < 1.29 is 9.28 Å². The van der Waals surface area contributed by atoms with Gasteiger partial charge in [-0.1, -0.05) is 4.48 Å². The van der Waals surface area contributed by atoms with Crippen molar-refractivity contribution in [2.24, 2.45) is 5.73 Å². The van der Waals surface area contributed by atoms with Crippen LogP contribution in [-0.2, 0) is 0 Å². The van der Waals surface area contributed by atoms with E-state index in [0.29, 0.717) is 10.7 Å². The smallest absolute Gasteiger partial charge is 0.258 e. The van der Waals surface area contributed by atoms with Crippen LogP contribution < -0.4 is 10.9 Å². The highest BCUT2D eigenvalue weighted by Gasteiger charge is 2.10. The summed E-state index contributed by atoms with van der Waals surface area (Å²) in [5.41, 5.74) is 5.62. The summed E-state index contributed by atoms with van der Waals surface area (Å²) >= 11 is 0. The summed E-state index contributed by atoms with van der Waals surface area (Å²) < 4.78 is 13.8. The molecule has 1 aromatic heterocycles. The van der Waals surface area contributed by atoms with Gasteiger partial charge in [0.2, 0.25) is 5.91 Å². The average Bonchev–Trinajstić information content (AvgIpc) is 2.39. The van der Waals surface area contributed by atoms with Gasteiger partial charge in [-0.3, -0.25) is 4.79 Å². The number of carbonyl (C=O) groups is 1. The summed E-state index contributed by atoms with van der Waals surface area (Å²) in [5, 5.41) is 0.324. The molecule has 0 unspecified atom stereocenters. The van der Waals surface area contributed by atoms with Crippen molar-refractivity contribution in [3.8, 4) is 0 Å². The predicted octanol–water partition coefficient (Wildman–Crippen LogP) is 1.60. The van der Waals surface area contributed by atoms with Crippen LogP contribution in [0.15, 0.2) is 42.7 Å². The van der Waals surface area contributed by atoms with Crippen LogP contribution in [0.4, 0.5) is 16.1 Å². The van der Waals surface area contributed by atoms with Crippen LogP contribution in [0.25, 0.3) is 0 Å². The highest BCUT2D eigenvalue weighted by Crippen LogP contribution is 2.21. The van der Waals surface area contributed by atoms with Crippen LogP contribution in [0.5, 0.6) is 0 Å². The Morgan fingerprint density at radius 3 is 2.29 bits per heavy atom. The minimum absolute atomic E-state index is 0.0701. The molecular formula is C11H9FN4O. The molecule has 0 fully saturated rings. The first-order valence-corrected chi connectivity index (χ1v) is 4.81. The number of amides is 1. The van der Waals surface area contributed by atoms with Gasteiger partial charge in [0.05, 0.1) is 5.69 Å². The van der Waals surface area contributed by atoms with Gasteiger partial charge in [-0.15, -0.1) is 5.12 Å². The summed E-state index contributed by atoms with van der Waals surface area (Å²) in [6.45, 7) is 0. The molecular weight excluding hydrogens is 223 g/mol. The van der Waals surface area contributed by atoms with Crippen molar-refractivity contribution in [1.82, 2.24) is 9.97 Å². The molecule has 6 heteroatoms. The number of halogens is 1. The van der Waals surface area contributed by atoms with Crippen molar-refractivity contribution >= 4 is 17.5 Å². The van der Waals surface area contributed by atoms with E-state index < -0.39 is 5.91 Å². The number of anilines is 2. The van der Waals surface area contributed by atoms with E-state index in [4.69, 9.17) is 5.73 Å². The molecule has 1 heterocycles. The minimum atomic E-state index is -0.557. The lowest BCUT2D eigenvalue weighted by atomic mass is 10.2. The van der Waals surface area contributed by atoms with Crippen molar-refractivity contribution in [3.63, 3.8) is 0 Å². The van der Waals surface area contributed by atoms with E-state index in [9.17, 15) is 9.28 Å². The molecule has 0 saturated carbocycles. The number of hydrogen-bond donors (Lipinski definition) is 1. The SMILES string of the molecule is NC(=O)c1ccc(N(F)c2ncccn2)cc1. The largest absolute Gasteiger partial charge is 0.366 e. The van der Waals surface area contributed by atoms with E-state index in [2.05, 4.69) is 9.97 Å². The predicted molar refractivity (Wildman–Crippen MR) is 60.2 cm³/mol. The number of benzene rings is 1. The summed E-state index contributed by atoms with van der Waals surface area (Å²) in [5.74, 6) is -0.628. The monoisotopic (exact) mass is 232 g/mol. The fourth-order valence-electron chi connectivity index (χ4n) is 1.26. The van der Waals surface area contributed by atoms with Gasteiger partial charge in [0.25, 0.3) is 5.95 Å². The maximum Gasteiger partial charge on any atom is 0.258 e. The molecule has 0 aliphatic carbocycles. The maximum absolute atomic E-state index is 13.8. The van der Waals surface area contributed by atoms with E-state index in [1.165, 1.54) is 36.7 Å². The molecule has 2 rings (SSSR count). The van der Waals surface area contributed by atoms with E-state index in [1.54, 1.807) is 6.07 Å². The van der Waals surface area contributed by atoms with Gasteiger partial charge < -0.3 is 5.73 Å². The molecule has 0 bridgehead atoms. The summed E-state index contributed by atoms with van der Waals surface area (Å²) in [7, 11) is 0. The Morgan fingerprint density at radius 1 is 1.18 bits per heavy atom. The molecule has 1 amide bonds. The van der Waals surface area contributed by atoms with Gasteiger partial charge in [-0.2, -0.15) is 0 Å². The first-order valence-electron chi connectivity index (χ1n) is 4.81. The van der Waals surface area contributed by atoms with Crippen LogP contribution in [0.3, 0.4) is 0 Å². The summed E-state index contributed by atoms with van der Waals surface area (Å²) in [6.07, 6.45) is 2.87. The molecule has 86 valence electrons. The molecule has 0 radical (unpaired) electrons. The normalized spacial score (nSPS) is 9.94. The zero-order valence-electron chi connectivity index (χ0n) is 8.75. The Hall–Kier alpha value is -2.50. The van der Waals surface area contributed by atoms with Crippen LogP contribution in [-0.4, -0.2) is 15.9 Å². The molecule has 17 heavy (non-hydrogen) atoms. The molecule has 2 aromatic rings. The molecule has 0 aliphatic heterocycles. The first-order chi connectivity index (χ1) is 8.18. The highest BCUT2D eigenvalue weighted by atomic mass is 19.2. The molecule has 1 aromatic carbocycles. The van der Waals surface area contributed by atoms with Crippen molar-refractivity contribution in [3.05, 3.63) is 48.3 Å². The topological polar surface area (TPSA) is 72.1 Å². The van der Waals surface area contributed by atoms with E-state index >= 15 is 0 Å². The van der Waals surface area contributed by atoms with Gasteiger partial charge in [0.1, 0.15) is 0 Å². The van der Waals surface area contributed by atoms with Gasteiger partial charge in [0.15, 0.2) is 0 Å². The quantitative estimate of drug-likeness (QED) is 0.816. The van der Waals surface area contributed by atoms with Gasteiger partial charge in [-0.05, 0) is 30.3 Å². The van der Waals surface area contributed by atoms with Crippen LogP contribution in [0.1, 0.15) is 10.4 Å². The number of carbonyl (C=O) groups excluding carboxylic acids is 1.